The van der Waals surface area contributed by atoms with Crippen LogP contribution in [0.1, 0.15) is 38.5 Å². The monoisotopic (exact) mass is 600 g/mol. The van der Waals surface area contributed by atoms with Crippen LogP contribution in [0.5, 0.6) is 0 Å². The Morgan fingerprint density at radius 2 is 1.47 bits per heavy atom. The maximum atomic E-state index is 13.4. The van der Waals surface area contributed by atoms with Gasteiger partial charge in [-0.25, -0.2) is 16.8 Å². The first-order chi connectivity index (χ1) is 17.0. The summed E-state index contributed by atoms with van der Waals surface area (Å²) in [6.45, 7) is 5.11. The molecule has 13 heteroatoms. The molecular formula is C23H35Cl3N4O4S2. The van der Waals surface area contributed by atoms with E-state index >= 15 is 0 Å². The van der Waals surface area contributed by atoms with Crippen molar-refractivity contribution in [2.24, 2.45) is 0 Å². The normalized spacial score (nSPS) is 24.5. The van der Waals surface area contributed by atoms with Gasteiger partial charge in [-0.1, -0.05) is 34.8 Å². The summed E-state index contributed by atoms with van der Waals surface area (Å²) in [5.41, 5.74) is 0. The van der Waals surface area contributed by atoms with Crippen molar-refractivity contribution in [1.82, 2.24) is 18.4 Å². The Morgan fingerprint density at radius 1 is 0.861 bits per heavy atom. The quantitative estimate of drug-likeness (QED) is 0.453. The zero-order valence-corrected chi connectivity index (χ0v) is 24.5. The van der Waals surface area contributed by atoms with E-state index in [-0.39, 0.29) is 31.8 Å². The molecule has 0 amide bonds. The smallest absolute Gasteiger partial charge is 0.246 e. The van der Waals surface area contributed by atoms with Crippen LogP contribution in [-0.4, -0.2) is 106 Å². The Labute approximate surface area is 230 Å². The number of likely N-dealkylation sites (tertiary alicyclic amines) is 1. The van der Waals surface area contributed by atoms with Gasteiger partial charge in [0.1, 0.15) is 4.90 Å². The van der Waals surface area contributed by atoms with E-state index in [0.29, 0.717) is 51.4 Å². The molecule has 204 valence electrons. The molecular weight excluding hydrogens is 567 g/mol. The zero-order chi connectivity index (χ0) is 26.1. The second kappa shape index (κ2) is 11.9. The van der Waals surface area contributed by atoms with Gasteiger partial charge in [0.15, 0.2) is 0 Å². The average Bonchev–Trinajstić information content (AvgIpc) is 3.28. The van der Waals surface area contributed by atoms with Crippen molar-refractivity contribution >= 4 is 54.8 Å². The predicted octanol–water partition coefficient (Wildman–Crippen LogP) is 3.62. The summed E-state index contributed by atoms with van der Waals surface area (Å²) in [6, 6.07) is 3.00. The first kappa shape index (κ1) is 28.8. The topological polar surface area (TPSA) is 81.2 Å². The Bertz CT molecular complexity index is 1110. The number of benzene rings is 1. The molecule has 3 fully saturated rings. The standard InChI is InChI=1S/C23H35Cl3N4O4S2/c1-27-9-6-19(7-10-27)28-11-13-29(14-12-28)35(31,32)15-3-5-20-4-2-8-30(20)36(33,34)23-21(25)16-18(24)17-22(23)26/h16-17,19-20H,2-15H2,1H3/t20-/m0/s1. The van der Waals surface area contributed by atoms with Crippen molar-refractivity contribution < 1.29 is 16.8 Å². The lowest BCUT2D eigenvalue weighted by atomic mass is 10.0. The Kier molecular flexibility index (Phi) is 9.54. The summed E-state index contributed by atoms with van der Waals surface area (Å²) in [7, 11) is -5.18. The molecule has 1 atom stereocenters. The molecule has 0 bridgehead atoms. The highest BCUT2D eigenvalue weighted by Crippen LogP contribution is 2.37. The molecule has 3 heterocycles. The molecule has 8 nitrogen and oxygen atoms in total. The third-order valence-corrected chi connectivity index (χ3v) is 12.7. The van der Waals surface area contributed by atoms with Gasteiger partial charge in [-0.3, -0.25) is 4.90 Å². The maximum Gasteiger partial charge on any atom is 0.246 e. The number of rotatable bonds is 8. The lowest BCUT2D eigenvalue weighted by molar-refractivity contribution is 0.0892. The number of nitrogens with zero attached hydrogens (tertiary/aromatic N) is 4. The second-order valence-corrected chi connectivity index (χ2v) is 15.2. The van der Waals surface area contributed by atoms with Gasteiger partial charge in [0.05, 0.1) is 15.8 Å². The van der Waals surface area contributed by atoms with Crippen LogP contribution in [0.4, 0.5) is 0 Å². The van der Waals surface area contributed by atoms with Crippen molar-refractivity contribution in [2.75, 3.05) is 58.6 Å². The number of hydrogen-bond donors (Lipinski definition) is 0. The minimum absolute atomic E-state index is 0.0138. The molecule has 3 aliphatic heterocycles. The molecule has 0 aliphatic carbocycles. The molecule has 36 heavy (non-hydrogen) atoms. The van der Waals surface area contributed by atoms with E-state index in [0.717, 1.165) is 39.0 Å². The number of piperidine rings is 1. The zero-order valence-electron chi connectivity index (χ0n) is 20.6. The van der Waals surface area contributed by atoms with Crippen LogP contribution in [0, 0.1) is 0 Å². The summed E-state index contributed by atoms with van der Waals surface area (Å²) in [5.74, 6) is 0.0219. The first-order valence-corrected chi connectivity index (χ1v) is 16.7. The van der Waals surface area contributed by atoms with Crippen LogP contribution in [0.2, 0.25) is 15.1 Å². The molecule has 3 aliphatic rings. The van der Waals surface area contributed by atoms with E-state index in [9.17, 15) is 16.8 Å². The van der Waals surface area contributed by atoms with Crippen molar-refractivity contribution in [1.29, 1.82) is 0 Å². The molecule has 4 rings (SSSR count). The summed E-state index contributed by atoms with van der Waals surface area (Å²) in [4.78, 5) is 4.64. The highest BCUT2D eigenvalue weighted by Gasteiger charge is 2.38. The molecule has 1 aromatic rings. The predicted molar refractivity (Wildman–Crippen MR) is 145 cm³/mol. The number of sulfonamides is 2. The maximum absolute atomic E-state index is 13.4. The lowest BCUT2D eigenvalue weighted by Crippen LogP contribution is -2.54. The minimum Gasteiger partial charge on any atom is -0.306 e. The van der Waals surface area contributed by atoms with Crippen molar-refractivity contribution in [3.63, 3.8) is 0 Å². The molecule has 0 spiro atoms. The Morgan fingerprint density at radius 3 is 2.08 bits per heavy atom. The molecule has 0 aromatic heterocycles. The minimum atomic E-state index is -3.93. The molecule has 0 N–H and O–H groups in total. The fourth-order valence-corrected chi connectivity index (χ4v) is 10.4. The summed E-state index contributed by atoms with van der Waals surface area (Å²) in [5, 5.41) is 0.236. The molecule has 1 aromatic carbocycles. The van der Waals surface area contributed by atoms with Gasteiger partial charge in [0.2, 0.25) is 20.0 Å². The number of piperazine rings is 1. The fourth-order valence-electron chi connectivity index (χ4n) is 5.64. The molecule has 0 unspecified atom stereocenters. The number of hydrogen-bond acceptors (Lipinski definition) is 6. The summed E-state index contributed by atoms with van der Waals surface area (Å²) >= 11 is 18.3. The summed E-state index contributed by atoms with van der Waals surface area (Å²) in [6.07, 6.45) is 4.52. The average molecular weight is 602 g/mol. The van der Waals surface area contributed by atoms with Crippen LogP contribution < -0.4 is 0 Å². The van der Waals surface area contributed by atoms with Gasteiger partial charge >= 0.3 is 0 Å². The van der Waals surface area contributed by atoms with E-state index in [4.69, 9.17) is 34.8 Å². The second-order valence-electron chi connectivity index (χ2n) is 10.0. The fraction of sp³-hybridized carbons (Fsp3) is 0.739. The molecule has 0 radical (unpaired) electrons. The third-order valence-electron chi connectivity index (χ3n) is 7.66. The van der Waals surface area contributed by atoms with E-state index in [1.807, 2.05) is 0 Å². The lowest BCUT2D eigenvalue weighted by Gasteiger charge is -2.41. The van der Waals surface area contributed by atoms with E-state index in [2.05, 4.69) is 16.8 Å². The van der Waals surface area contributed by atoms with E-state index in [1.54, 1.807) is 4.31 Å². The van der Waals surface area contributed by atoms with Crippen molar-refractivity contribution in [3.8, 4) is 0 Å². The van der Waals surface area contributed by atoms with E-state index < -0.39 is 20.0 Å². The highest BCUT2D eigenvalue weighted by atomic mass is 35.5. The van der Waals surface area contributed by atoms with Crippen molar-refractivity contribution in [2.45, 2.75) is 55.5 Å². The van der Waals surface area contributed by atoms with Crippen LogP contribution >= 0.6 is 34.8 Å². The van der Waals surface area contributed by atoms with E-state index in [1.165, 1.54) is 16.4 Å². The van der Waals surface area contributed by atoms with Gasteiger partial charge in [-0.15, -0.1) is 0 Å². The van der Waals surface area contributed by atoms with Gasteiger partial charge < -0.3 is 4.90 Å². The molecule has 0 saturated carbocycles. The van der Waals surface area contributed by atoms with Crippen molar-refractivity contribution in [3.05, 3.63) is 27.2 Å². The van der Waals surface area contributed by atoms with Gasteiger partial charge in [0, 0.05) is 49.8 Å². The summed E-state index contributed by atoms with van der Waals surface area (Å²) < 4.78 is 55.8. The van der Waals surface area contributed by atoms with Crippen LogP contribution in [0.25, 0.3) is 0 Å². The number of halogens is 3. The highest BCUT2D eigenvalue weighted by molar-refractivity contribution is 7.89. The van der Waals surface area contributed by atoms with Crippen LogP contribution in [0.3, 0.4) is 0 Å². The third kappa shape index (κ3) is 6.51. The first-order valence-electron chi connectivity index (χ1n) is 12.6. The van der Waals surface area contributed by atoms with Gasteiger partial charge in [-0.2, -0.15) is 8.61 Å². The van der Waals surface area contributed by atoms with Gasteiger partial charge in [0.25, 0.3) is 0 Å². The SMILES string of the molecule is CN1CCC(N2CCN(S(=O)(=O)CCC[C@@H]3CCCN3S(=O)(=O)c3c(Cl)cc(Cl)cc3Cl)CC2)CC1. The van der Waals surface area contributed by atoms with Crippen LogP contribution in [0.15, 0.2) is 17.0 Å². The van der Waals surface area contributed by atoms with Crippen LogP contribution in [-0.2, 0) is 20.0 Å². The Hall–Kier alpha value is -0.170. The molecule has 3 saturated heterocycles. The Balaban J connectivity index is 1.31. The van der Waals surface area contributed by atoms with Gasteiger partial charge in [-0.05, 0) is 70.8 Å². The largest absolute Gasteiger partial charge is 0.306 e.